The van der Waals surface area contributed by atoms with E-state index in [0.29, 0.717) is 12.4 Å². The lowest BCUT2D eigenvalue weighted by Crippen LogP contribution is -2.41. The molecule has 0 bridgehead atoms. The molecule has 0 radical (unpaired) electrons. The summed E-state index contributed by atoms with van der Waals surface area (Å²) in [5, 5.41) is 11.9. The van der Waals surface area contributed by atoms with Crippen molar-refractivity contribution in [2.45, 2.75) is 24.8 Å². The second-order valence-corrected chi connectivity index (χ2v) is 8.26. The number of carbonyl (C=O) groups excluding carboxylic acids is 1. The van der Waals surface area contributed by atoms with E-state index in [1.807, 2.05) is 29.2 Å². The molecular weight excluding hydrogens is 420 g/mol. The molecule has 1 amide bonds. The fraction of sp³-hybridized carbons (Fsp3) is 0.280. The van der Waals surface area contributed by atoms with E-state index < -0.39 is 12.1 Å². The number of anilines is 1. The van der Waals surface area contributed by atoms with Crippen molar-refractivity contribution in [1.82, 2.24) is 15.3 Å². The zero-order valence-electron chi connectivity index (χ0n) is 18.0. The minimum atomic E-state index is -1.11. The monoisotopic (exact) mass is 444 g/mol. The van der Waals surface area contributed by atoms with E-state index in [1.165, 1.54) is 34.6 Å². The Morgan fingerprint density at radius 2 is 1.73 bits per heavy atom. The number of carbonyl (C=O) groups is 2. The minimum Gasteiger partial charge on any atom is -0.476 e. The molecule has 1 aliphatic carbocycles. The summed E-state index contributed by atoms with van der Waals surface area (Å²) in [5.41, 5.74) is 4.65. The number of nitrogens with zero attached hydrogens (tertiary/aromatic N) is 3. The number of carboxylic acids is 1. The van der Waals surface area contributed by atoms with Gasteiger partial charge in [-0.15, -0.1) is 0 Å². The molecule has 2 aromatic carbocycles. The number of ether oxygens (including phenoxy) is 1. The molecule has 1 fully saturated rings. The molecule has 1 saturated heterocycles. The summed E-state index contributed by atoms with van der Waals surface area (Å²) in [6.07, 6.45) is 4.13. The minimum absolute atomic E-state index is 0.0224. The third-order valence-corrected chi connectivity index (χ3v) is 6.35. The SMILES string of the molecule is O=C(NCC1CCCN1c1cnc(C(=O)O)cn1)OCC1c2ccccc2-c2ccccc21. The Hall–Kier alpha value is -3.94. The number of rotatable bonds is 6. The largest absolute Gasteiger partial charge is 0.476 e. The van der Waals surface area contributed by atoms with Crippen molar-refractivity contribution in [3.8, 4) is 11.1 Å². The maximum absolute atomic E-state index is 12.5. The first kappa shape index (κ1) is 20.9. The smallest absolute Gasteiger partial charge is 0.407 e. The van der Waals surface area contributed by atoms with E-state index in [1.54, 1.807) is 0 Å². The molecular formula is C25H24N4O4. The van der Waals surface area contributed by atoms with Crippen molar-refractivity contribution in [3.63, 3.8) is 0 Å². The fourth-order valence-electron chi connectivity index (χ4n) is 4.78. The highest BCUT2D eigenvalue weighted by Gasteiger charge is 2.30. The number of carboxylic acid groups (broad SMARTS) is 1. The third kappa shape index (κ3) is 4.11. The predicted octanol–water partition coefficient (Wildman–Crippen LogP) is 3.68. The first-order valence-electron chi connectivity index (χ1n) is 11.0. The van der Waals surface area contributed by atoms with Gasteiger partial charge in [-0.05, 0) is 35.1 Å². The summed E-state index contributed by atoms with van der Waals surface area (Å²) in [7, 11) is 0. The Balaban J connectivity index is 1.19. The van der Waals surface area contributed by atoms with E-state index in [-0.39, 0.29) is 24.3 Å². The molecule has 1 aliphatic heterocycles. The summed E-state index contributed by atoms with van der Waals surface area (Å²) in [6, 6.07) is 16.5. The zero-order valence-corrected chi connectivity index (χ0v) is 18.0. The Kier molecular flexibility index (Phi) is 5.64. The van der Waals surface area contributed by atoms with Crippen LogP contribution in [0.3, 0.4) is 0 Å². The molecule has 2 aliphatic rings. The van der Waals surface area contributed by atoms with Crippen molar-refractivity contribution in [3.05, 3.63) is 77.7 Å². The molecule has 2 N–H and O–H groups in total. The second kappa shape index (κ2) is 8.90. The van der Waals surface area contributed by atoms with Crippen LogP contribution in [-0.4, -0.2) is 52.9 Å². The van der Waals surface area contributed by atoms with E-state index in [4.69, 9.17) is 9.84 Å². The molecule has 0 spiro atoms. The summed E-state index contributed by atoms with van der Waals surface area (Å²) in [5.74, 6) is -0.477. The van der Waals surface area contributed by atoms with Crippen LogP contribution in [0.5, 0.6) is 0 Å². The van der Waals surface area contributed by atoms with E-state index in [2.05, 4.69) is 39.6 Å². The highest BCUT2D eigenvalue weighted by molar-refractivity contribution is 5.85. The summed E-state index contributed by atoms with van der Waals surface area (Å²) >= 11 is 0. The number of alkyl carbamates (subject to hydrolysis) is 1. The van der Waals surface area contributed by atoms with Crippen LogP contribution in [0.2, 0.25) is 0 Å². The fourth-order valence-corrected chi connectivity index (χ4v) is 4.78. The first-order chi connectivity index (χ1) is 16.1. The van der Waals surface area contributed by atoms with Gasteiger partial charge in [0, 0.05) is 25.0 Å². The van der Waals surface area contributed by atoms with Crippen LogP contribution in [0.4, 0.5) is 10.6 Å². The van der Waals surface area contributed by atoms with E-state index in [9.17, 15) is 9.59 Å². The van der Waals surface area contributed by atoms with Gasteiger partial charge in [-0.2, -0.15) is 0 Å². The Morgan fingerprint density at radius 1 is 1.03 bits per heavy atom. The van der Waals surface area contributed by atoms with Gasteiger partial charge in [-0.25, -0.2) is 19.6 Å². The van der Waals surface area contributed by atoms with Crippen LogP contribution in [0.15, 0.2) is 60.9 Å². The lowest BCUT2D eigenvalue weighted by Gasteiger charge is -2.25. The van der Waals surface area contributed by atoms with Crippen molar-refractivity contribution >= 4 is 17.9 Å². The maximum atomic E-state index is 12.5. The van der Waals surface area contributed by atoms with Gasteiger partial charge in [0.25, 0.3) is 0 Å². The normalized spacial score (nSPS) is 16.8. The van der Waals surface area contributed by atoms with Crippen LogP contribution >= 0.6 is 0 Å². The third-order valence-electron chi connectivity index (χ3n) is 6.35. The van der Waals surface area contributed by atoms with Crippen LogP contribution in [0.25, 0.3) is 11.1 Å². The van der Waals surface area contributed by atoms with E-state index in [0.717, 1.165) is 19.4 Å². The molecule has 1 aromatic heterocycles. The van der Waals surface area contributed by atoms with Crippen molar-refractivity contribution in [1.29, 1.82) is 0 Å². The van der Waals surface area contributed by atoms with Crippen molar-refractivity contribution in [2.24, 2.45) is 0 Å². The molecule has 1 unspecified atom stereocenters. The predicted molar refractivity (Wildman–Crippen MR) is 122 cm³/mol. The molecule has 0 saturated carbocycles. The van der Waals surface area contributed by atoms with Crippen LogP contribution in [0.1, 0.15) is 40.4 Å². The highest BCUT2D eigenvalue weighted by atomic mass is 16.5. The molecule has 33 heavy (non-hydrogen) atoms. The van der Waals surface area contributed by atoms with Crippen LogP contribution in [-0.2, 0) is 4.74 Å². The number of fused-ring (bicyclic) bond motifs is 3. The van der Waals surface area contributed by atoms with Crippen molar-refractivity contribution in [2.75, 3.05) is 24.6 Å². The van der Waals surface area contributed by atoms with E-state index >= 15 is 0 Å². The van der Waals surface area contributed by atoms with Crippen molar-refractivity contribution < 1.29 is 19.4 Å². The Morgan fingerprint density at radius 3 is 2.36 bits per heavy atom. The van der Waals surface area contributed by atoms with Crippen LogP contribution < -0.4 is 10.2 Å². The highest BCUT2D eigenvalue weighted by Crippen LogP contribution is 2.44. The average molecular weight is 444 g/mol. The summed E-state index contributed by atoms with van der Waals surface area (Å²) in [6.45, 7) is 1.47. The van der Waals surface area contributed by atoms with Gasteiger partial charge in [0.1, 0.15) is 12.4 Å². The molecule has 5 rings (SSSR count). The average Bonchev–Trinajstić information content (AvgIpc) is 3.44. The molecule has 3 aromatic rings. The standard InChI is InChI=1S/C25H24N4O4/c30-24(31)22-13-27-23(14-26-22)29-11-5-6-16(29)12-28-25(32)33-15-21-19-9-3-1-7-17(19)18-8-2-4-10-20(18)21/h1-4,7-10,13-14,16,21H,5-6,11-12,15H2,(H,28,32)(H,30,31). The second-order valence-electron chi connectivity index (χ2n) is 8.26. The van der Waals surface area contributed by atoms with Gasteiger partial charge >= 0.3 is 12.1 Å². The molecule has 8 nitrogen and oxygen atoms in total. The lowest BCUT2D eigenvalue weighted by molar-refractivity contribution is 0.0690. The lowest BCUT2D eigenvalue weighted by atomic mass is 9.98. The summed E-state index contributed by atoms with van der Waals surface area (Å²) < 4.78 is 5.62. The molecule has 168 valence electrons. The summed E-state index contributed by atoms with van der Waals surface area (Å²) in [4.78, 5) is 33.7. The number of hydrogen-bond donors (Lipinski definition) is 2. The first-order valence-corrected chi connectivity index (χ1v) is 11.0. The molecule has 8 heteroatoms. The number of aromatic carboxylic acids is 1. The van der Waals surface area contributed by atoms with Crippen LogP contribution in [0, 0.1) is 0 Å². The van der Waals surface area contributed by atoms with Gasteiger partial charge in [-0.3, -0.25) is 0 Å². The quantitative estimate of drug-likeness (QED) is 0.598. The van der Waals surface area contributed by atoms with Gasteiger partial charge in [0.15, 0.2) is 5.69 Å². The van der Waals surface area contributed by atoms with Gasteiger partial charge in [0.2, 0.25) is 0 Å². The van der Waals surface area contributed by atoms with Gasteiger partial charge in [0.05, 0.1) is 12.4 Å². The number of hydrogen-bond acceptors (Lipinski definition) is 6. The Bertz CT molecular complexity index is 1140. The number of nitrogens with one attached hydrogen (secondary N) is 1. The zero-order chi connectivity index (χ0) is 22.8. The number of aromatic nitrogens is 2. The van der Waals surface area contributed by atoms with Gasteiger partial charge in [-0.1, -0.05) is 48.5 Å². The maximum Gasteiger partial charge on any atom is 0.407 e. The molecule has 1 atom stereocenters. The number of benzene rings is 2. The number of amides is 1. The topological polar surface area (TPSA) is 105 Å². The Labute approximate surface area is 191 Å². The van der Waals surface area contributed by atoms with Gasteiger partial charge < -0.3 is 20.1 Å². The molecule has 2 heterocycles.